The summed E-state index contributed by atoms with van der Waals surface area (Å²) in [7, 11) is 0. The molecule has 1 aliphatic rings. The van der Waals surface area contributed by atoms with Gasteiger partial charge in [0.05, 0.1) is 5.25 Å². The van der Waals surface area contributed by atoms with Crippen molar-refractivity contribution in [2.75, 3.05) is 5.75 Å². The number of nitrogens with zero attached hydrogens (tertiary/aromatic N) is 3. The first-order valence-corrected chi connectivity index (χ1v) is 6.59. The molecule has 1 atom stereocenters. The fourth-order valence-corrected chi connectivity index (χ4v) is 3.43. The van der Waals surface area contributed by atoms with Gasteiger partial charge in [0, 0.05) is 12.2 Å². The maximum atomic E-state index is 5.76. The molecule has 1 fully saturated rings. The van der Waals surface area contributed by atoms with E-state index in [1.165, 1.54) is 18.6 Å². The van der Waals surface area contributed by atoms with Gasteiger partial charge in [0.2, 0.25) is 0 Å². The Kier molecular flexibility index (Phi) is 2.57. The molecule has 84 valence electrons. The number of rotatable bonds is 2. The van der Waals surface area contributed by atoms with Crippen LogP contribution in [0.25, 0.3) is 5.65 Å². The first-order chi connectivity index (χ1) is 7.90. The highest BCUT2D eigenvalue weighted by atomic mass is 32.2. The zero-order valence-electron chi connectivity index (χ0n) is 8.97. The monoisotopic (exact) mass is 234 g/mol. The first-order valence-electron chi connectivity index (χ1n) is 5.55. The summed E-state index contributed by atoms with van der Waals surface area (Å²) in [6.07, 6.45) is 2.47. The molecule has 0 spiro atoms. The summed E-state index contributed by atoms with van der Waals surface area (Å²) >= 11 is 1.97. The predicted molar refractivity (Wildman–Crippen MR) is 65.3 cm³/mol. The third kappa shape index (κ3) is 1.51. The van der Waals surface area contributed by atoms with E-state index in [0.717, 1.165) is 17.2 Å². The molecule has 2 aromatic heterocycles. The van der Waals surface area contributed by atoms with E-state index in [9.17, 15) is 0 Å². The van der Waals surface area contributed by atoms with Crippen LogP contribution in [0, 0.1) is 0 Å². The highest BCUT2D eigenvalue weighted by Crippen LogP contribution is 2.39. The molecule has 0 aromatic carbocycles. The van der Waals surface area contributed by atoms with Crippen LogP contribution in [0.2, 0.25) is 0 Å². The third-order valence-electron chi connectivity index (χ3n) is 2.96. The average Bonchev–Trinajstić information content (AvgIpc) is 2.96. The smallest absolute Gasteiger partial charge is 0.161 e. The van der Waals surface area contributed by atoms with Gasteiger partial charge in [-0.05, 0) is 30.7 Å². The minimum absolute atomic E-state index is 0.489. The minimum atomic E-state index is 0.489. The summed E-state index contributed by atoms with van der Waals surface area (Å²) in [6.45, 7) is 0.528. The molecule has 1 aliphatic heterocycles. The number of nitrogens with two attached hydrogens (primary N) is 1. The van der Waals surface area contributed by atoms with Gasteiger partial charge in [-0.3, -0.25) is 4.40 Å². The molecule has 4 nitrogen and oxygen atoms in total. The van der Waals surface area contributed by atoms with Crippen molar-refractivity contribution in [3.63, 3.8) is 0 Å². The van der Waals surface area contributed by atoms with E-state index in [1.807, 2.05) is 30.0 Å². The van der Waals surface area contributed by atoms with E-state index in [-0.39, 0.29) is 0 Å². The van der Waals surface area contributed by atoms with E-state index in [2.05, 4.69) is 14.6 Å². The van der Waals surface area contributed by atoms with Gasteiger partial charge < -0.3 is 5.73 Å². The summed E-state index contributed by atoms with van der Waals surface area (Å²) in [5, 5.41) is 9.03. The largest absolute Gasteiger partial charge is 0.325 e. The summed E-state index contributed by atoms with van der Waals surface area (Å²) in [6, 6.07) is 6.01. The molecule has 0 amide bonds. The lowest BCUT2D eigenvalue weighted by Crippen LogP contribution is -2.07. The second-order valence-corrected chi connectivity index (χ2v) is 5.29. The Bertz CT molecular complexity index is 502. The van der Waals surface area contributed by atoms with Crippen LogP contribution in [0.3, 0.4) is 0 Å². The maximum absolute atomic E-state index is 5.76. The molecule has 2 aromatic rings. The van der Waals surface area contributed by atoms with Crippen molar-refractivity contribution in [2.24, 2.45) is 5.73 Å². The lowest BCUT2D eigenvalue weighted by atomic mass is 10.2. The second kappa shape index (κ2) is 4.07. The van der Waals surface area contributed by atoms with Crippen LogP contribution in [0.1, 0.15) is 29.6 Å². The van der Waals surface area contributed by atoms with Crippen LogP contribution in [0.15, 0.2) is 18.2 Å². The Labute approximate surface area is 98.2 Å². The predicted octanol–water partition coefficient (Wildman–Crippen LogP) is 1.76. The molecule has 2 N–H and O–H groups in total. The van der Waals surface area contributed by atoms with E-state index in [4.69, 9.17) is 5.73 Å². The van der Waals surface area contributed by atoms with Gasteiger partial charge in [0.1, 0.15) is 0 Å². The summed E-state index contributed by atoms with van der Waals surface area (Å²) in [5.74, 6) is 2.29. The van der Waals surface area contributed by atoms with Gasteiger partial charge in [0.15, 0.2) is 11.5 Å². The van der Waals surface area contributed by atoms with E-state index >= 15 is 0 Å². The third-order valence-corrected chi connectivity index (χ3v) is 4.33. The van der Waals surface area contributed by atoms with E-state index in [1.54, 1.807) is 0 Å². The van der Waals surface area contributed by atoms with E-state index in [0.29, 0.717) is 11.8 Å². The number of fused-ring (bicyclic) bond motifs is 1. The highest BCUT2D eigenvalue weighted by Gasteiger charge is 2.23. The Morgan fingerprint density at radius 2 is 2.38 bits per heavy atom. The molecule has 16 heavy (non-hydrogen) atoms. The van der Waals surface area contributed by atoms with Gasteiger partial charge in [-0.25, -0.2) is 0 Å². The molecule has 5 heteroatoms. The van der Waals surface area contributed by atoms with Crippen molar-refractivity contribution in [1.82, 2.24) is 14.6 Å². The topological polar surface area (TPSA) is 56.2 Å². The number of hydrogen-bond acceptors (Lipinski definition) is 4. The van der Waals surface area contributed by atoms with Crippen LogP contribution in [0.4, 0.5) is 0 Å². The molecular formula is C11H14N4S. The van der Waals surface area contributed by atoms with E-state index < -0.39 is 0 Å². The lowest BCUT2D eigenvalue weighted by Gasteiger charge is -2.09. The standard InChI is InChI=1S/C11H14N4S/c12-7-8-3-1-5-10-13-14-11(15(8)10)9-4-2-6-16-9/h1,3,5,9H,2,4,6-7,12H2. The highest BCUT2D eigenvalue weighted by molar-refractivity contribution is 7.99. The van der Waals surface area contributed by atoms with Crippen LogP contribution in [-0.4, -0.2) is 20.4 Å². The molecule has 1 unspecified atom stereocenters. The fraction of sp³-hybridized carbons (Fsp3) is 0.455. The summed E-state index contributed by atoms with van der Waals surface area (Å²) in [4.78, 5) is 0. The Morgan fingerprint density at radius 1 is 1.44 bits per heavy atom. The SMILES string of the molecule is NCc1cccc2nnc(C3CCCS3)n12. The van der Waals surface area contributed by atoms with Crippen LogP contribution in [-0.2, 0) is 6.54 Å². The molecule has 3 rings (SSSR count). The van der Waals surface area contributed by atoms with Crippen LogP contribution >= 0.6 is 11.8 Å². The second-order valence-electron chi connectivity index (χ2n) is 3.97. The summed E-state index contributed by atoms with van der Waals surface area (Å²) < 4.78 is 2.11. The normalized spacial score (nSPS) is 20.7. The molecule has 1 saturated heterocycles. The van der Waals surface area contributed by atoms with Crippen molar-refractivity contribution in [3.8, 4) is 0 Å². The first kappa shape index (κ1) is 10.1. The zero-order chi connectivity index (χ0) is 11.0. The summed E-state index contributed by atoms with van der Waals surface area (Å²) in [5.41, 5.74) is 7.76. The van der Waals surface area contributed by atoms with Crippen molar-refractivity contribution >= 4 is 17.4 Å². The van der Waals surface area contributed by atoms with Gasteiger partial charge in [-0.1, -0.05) is 6.07 Å². The van der Waals surface area contributed by atoms with Crippen LogP contribution in [0.5, 0.6) is 0 Å². The van der Waals surface area contributed by atoms with Gasteiger partial charge >= 0.3 is 0 Å². The molecule has 0 aliphatic carbocycles. The Hall–Kier alpha value is -1.07. The fourth-order valence-electron chi connectivity index (χ4n) is 2.18. The van der Waals surface area contributed by atoms with Gasteiger partial charge in [-0.15, -0.1) is 10.2 Å². The molecule has 0 radical (unpaired) electrons. The molecule has 0 bridgehead atoms. The minimum Gasteiger partial charge on any atom is -0.325 e. The lowest BCUT2D eigenvalue weighted by molar-refractivity contribution is 0.753. The van der Waals surface area contributed by atoms with Crippen molar-refractivity contribution < 1.29 is 0 Å². The van der Waals surface area contributed by atoms with Gasteiger partial charge in [-0.2, -0.15) is 11.8 Å². The maximum Gasteiger partial charge on any atom is 0.161 e. The Balaban J connectivity index is 2.16. The average molecular weight is 234 g/mol. The van der Waals surface area contributed by atoms with Gasteiger partial charge in [0.25, 0.3) is 0 Å². The number of hydrogen-bond donors (Lipinski definition) is 1. The molecular weight excluding hydrogens is 220 g/mol. The van der Waals surface area contributed by atoms with Crippen molar-refractivity contribution in [1.29, 1.82) is 0 Å². The molecule has 0 saturated carbocycles. The number of pyridine rings is 1. The van der Waals surface area contributed by atoms with Crippen molar-refractivity contribution in [2.45, 2.75) is 24.6 Å². The number of thioether (sulfide) groups is 1. The zero-order valence-corrected chi connectivity index (χ0v) is 9.78. The molecule has 3 heterocycles. The van der Waals surface area contributed by atoms with Crippen LogP contribution < -0.4 is 5.73 Å². The number of aromatic nitrogens is 3. The Morgan fingerprint density at radius 3 is 3.12 bits per heavy atom. The quantitative estimate of drug-likeness (QED) is 0.860. The van der Waals surface area contributed by atoms with Crippen molar-refractivity contribution in [3.05, 3.63) is 29.7 Å².